The van der Waals surface area contributed by atoms with Crippen molar-refractivity contribution in [2.24, 2.45) is 0 Å². The van der Waals surface area contributed by atoms with Crippen LogP contribution >= 0.6 is 0 Å². The molecule has 0 spiro atoms. The van der Waals surface area contributed by atoms with Gasteiger partial charge in [-0.3, -0.25) is 4.79 Å². The van der Waals surface area contributed by atoms with Gasteiger partial charge < -0.3 is 4.74 Å². The lowest BCUT2D eigenvalue weighted by Gasteiger charge is -2.10. The molecule has 0 aliphatic heterocycles. The van der Waals surface area contributed by atoms with E-state index in [1.807, 2.05) is 42.5 Å². The first-order chi connectivity index (χ1) is 10.7. The first-order valence-corrected chi connectivity index (χ1v) is 6.94. The third kappa shape index (κ3) is 3.23. The highest BCUT2D eigenvalue weighted by Gasteiger charge is 2.14. The zero-order chi connectivity index (χ0) is 15.9. The van der Waals surface area contributed by atoms with Crippen molar-refractivity contribution in [1.29, 1.82) is 0 Å². The van der Waals surface area contributed by atoms with Crippen LogP contribution in [0.15, 0.2) is 85.5 Å². The zero-order valence-electron chi connectivity index (χ0n) is 12.6. The molecule has 0 aliphatic rings. The summed E-state index contributed by atoms with van der Waals surface area (Å²) < 4.78 is 5.16. The maximum atomic E-state index is 12.7. The van der Waals surface area contributed by atoms with Crippen molar-refractivity contribution >= 4 is 11.4 Å². The molecule has 2 nitrogen and oxygen atoms in total. The molecule has 2 aromatic rings. The average Bonchev–Trinajstić information content (AvgIpc) is 2.60. The number of ketones is 1. The molecule has 0 atom stereocenters. The predicted octanol–water partition coefficient (Wildman–Crippen LogP) is 4.70. The van der Waals surface area contributed by atoms with Crippen molar-refractivity contribution in [3.63, 3.8) is 0 Å². The molecule has 0 aromatic heterocycles. The first kappa shape index (κ1) is 15.5. The third-order valence-electron chi connectivity index (χ3n) is 3.38. The Labute approximate surface area is 131 Å². The van der Waals surface area contributed by atoms with E-state index in [0.717, 1.165) is 16.9 Å². The fourth-order valence-corrected chi connectivity index (χ4v) is 2.22. The summed E-state index contributed by atoms with van der Waals surface area (Å²) in [7, 11) is 1.62. The summed E-state index contributed by atoms with van der Waals surface area (Å²) in [4.78, 5) is 12.7. The van der Waals surface area contributed by atoms with Gasteiger partial charge >= 0.3 is 0 Å². The second kappa shape index (κ2) is 7.23. The number of rotatable bonds is 6. The standard InChI is InChI=1S/C20H18O2/c1-4-18(15-11-13-17(22-3)14-12-15)19(5-2)20(21)16-9-7-6-8-10-16/h4-14H,1-2H2,3H3/b19-18-. The number of allylic oxidation sites excluding steroid dienone is 4. The van der Waals surface area contributed by atoms with Crippen LogP contribution in [-0.2, 0) is 0 Å². The molecular formula is C20H18O2. The SMILES string of the molecule is C=C/C(C(=O)c1ccccc1)=C(\C=C)c1ccc(OC)cc1. The minimum Gasteiger partial charge on any atom is -0.497 e. The lowest BCUT2D eigenvalue weighted by molar-refractivity contribution is 0.103. The van der Waals surface area contributed by atoms with Gasteiger partial charge in [-0.15, -0.1) is 0 Å². The van der Waals surface area contributed by atoms with Crippen molar-refractivity contribution in [2.45, 2.75) is 0 Å². The molecular weight excluding hydrogens is 272 g/mol. The van der Waals surface area contributed by atoms with Crippen molar-refractivity contribution in [2.75, 3.05) is 7.11 Å². The number of methoxy groups -OCH3 is 1. The highest BCUT2D eigenvalue weighted by Crippen LogP contribution is 2.25. The van der Waals surface area contributed by atoms with Crippen LogP contribution in [0.4, 0.5) is 0 Å². The van der Waals surface area contributed by atoms with Crippen LogP contribution in [0.5, 0.6) is 5.75 Å². The Morgan fingerprint density at radius 1 is 0.909 bits per heavy atom. The molecule has 0 saturated carbocycles. The van der Waals surface area contributed by atoms with Crippen molar-refractivity contribution < 1.29 is 9.53 Å². The number of ether oxygens (including phenoxy) is 1. The quantitative estimate of drug-likeness (QED) is 0.438. The van der Waals surface area contributed by atoms with Crippen LogP contribution in [0.2, 0.25) is 0 Å². The lowest BCUT2D eigenvalue weighted by atomic mass is 9.94. The van der Waals surface area contributed by atoms with Crippen LogP contribution in [0.25, 0.3) is 5.57 Å². The van der Waals surface area contributed by atoms with Crippen LogP contribution in [0.1, 0.15) is 15.9 Å². The molecule has 0 unspecified atom stereocenters. The van der Waals surface area contributed by atoms with Gasteiger partial charge in [0.2, 0.25) is 0 Å². The minimum atomic E-state index is -0.0682. The van der Waals surface area contributed by atoms with Gasteiger partial charge in [0, 0.05) is 11.1 Å². The molecule has 0 saturated heterocycles. The molecule has 0 aliphatic carbocycles. The van der Waals surface area contributed by atoms with Gasteiger partial charge in [-0.05, 0) is 23.3 Å². The summed E-state index contributed by atoms with van der Waals surface area (Å²) in [6.07, 6.45) is 3.26. The fourth-order valence-electron chi connectivity index (χ4n) is 2.22. The van der Waals surface area contributed by atoms with E-state index in [4.69, 9.17) is 4.74 Å². The van der Waals surface area contributed by atoms with Crippen LogP contribution in [0, 0.1) is 0 Å². The second-order valence-corrected chi connectivity index (χ2v) is 4.66. The summed E-state index contributed by atoms with van der Waals surface area (Å²) in [6, 6.07) is 16.7. The lowest BCUT2D eigenvalue weighted by Crippen LogP contribution is -2.04. The van der Waals surface area contributed by atoms with E-state index in [1.54, 1.807) is 31.4 Å². The number of carbonyl (C=O) groups excluding carboxylic acids is 1. The zero-order valence-corrected chi connectivity index (χ0v) is 12.6. The maximum absolute atomic E-state index is 12.7. The van der Waals surface area contributed by atoms with E-state index < -0.39 is 0 Å². The first-order valence-electron chi connectivity index (χ1n) is 6.94. The largest absolute Gasteiger partial charge is 0.497 e. The van der Waals surface area contributed by atoms with Crippen molar-refractivity contribution in [1.82, 2.24) is 0 Å². The van der Waals surface area contributed by atoms with Crippen molar-refractivity contribution in [3.8, 4) is 5.75 Å². The Balaban J connectivity index is 2.50. The highest BCUT2D eigenvalue weighted by atomic mass is 16.5. The van der Waals surface area contributed by atoms with Gasteiger partial charge in [-0.1, -0.05) is 67.8 Å². The molecule has 0 heterocycles. The predicted molar refractivity (Wildman–Crippen MR) is 91.1 cm³/mol. The summed E-state index contributed by atoms with van der Waals surface area (Å²) >= 11 is 0. The van der Waals surface area contributed by atoms with E-state index in [2.05, 4.69) is 13.2 Å². The Morgan fingerprint density at radius 2 is 1.55 bits per heavy atom. The normalized spacial score (nSPS) is 11.3. The number of Topliss-reactive ketones (excluding diaryl/α,β-unsaturated/α-hetero) is 1. The third-order valence-corrected chi connectivity index (χ3v) is 3.38. The van der Waals surface area contributed by atoms with E-state index in [0.29, 0.717) is 11.1 Å². The number of carbonyl (C=O) groups is 1. The summed E-state index contributed by atoms with van der Waals surface area (Å²) in [6.45, 7) is 7.62. The summed E-state index contributed by atoms with van der Waals surface area (Å²) in [5.74, 6) is 0.697. The molecule has 2 rings (SSSR count). The van der Waals surface area contributed by atoms with Gasteiger partial charge in [0.1, 0.15) is 5.75 Å². The molecule has 110 valence electrons. The van der Waals surface area contributed by atoms with Gasteiger partial charge in [0.05, 0.1) is 7.11 Å². The molecule has 0 fully saturated rings. The highest BCUT2D eigenvalue weighted by molar-refractivity contribution is 6.16. The van der Waals surface area contributed by atoms with E-state index in [9.17, 15) is 4.79 Å². The Hall–Kier alpha value is -2.87. The molecule has 0 radical (unpaired) electrons. The van der Waals surface area contributed by atoms with Crippen molar-refractivity contribution in [3.05, 3.63) is 96.6 Å². The van der Waals surface area contributed by atoms with Gasteiger partial charge in [0.25, 0.3) is 0 Å². The summed E-state index contributed by atoms with van der Waals surface area (Å²) in [5.41, 5.74) is 2.82. The topological polar surface area (TPSA) is 26.3 Å². The molecule has 0 bridgehead atoms. The number of benzene rings is 2. The van der Waals surface area contributed by atoms with Gasteiger partial charge in [-0.2, -0.15) is 0 Å². The molecule has 0 N–H and O–H groups in total. The van der Waals surface area contributed by atoms with Gasteiger partial charge in [0.15, 0.2) is 5.78 Å². The van der Waals surface area contributed by atoms with Crippen LogP contribution in [-0.4, -0.2) is 12.9 Å². The average molecular weight is 290 g/mol. The number of hydrogen-bond acceptors (Lipinski definition) is 2. The molecule has 2 heteroatoms. The second-order valence-electron chi connectivity index (χ2n) is 4.66. The molecule has 2 aromatic carbocycles. The monoisotopic (exact) mass is 290 g/mol. The Morgan fingerprint density at radius 3 is 2.05 bits per heavy atom. The van der Waals surface area contributed by atoms with E-state index in [-0.39, 0.29) is 5.78 Å². The van der Waals surface area contributed by atoms with Gasteiger partial charge in [-0.25, -0.2) is 0 Å². The Kier molecular flexibility index (Phi) is 5.10. The van der Waals surface area contributed by atoms with E-state index >= 15 is 0 Å². The summed E-state index contributed by atoms with van der Waals surface area (Å²) in [5, 5.41) is 0. The maximum Gasteiger partial charge on any atom is 0.193 e. The van der Waals surface area contributed by atoms with Crippen LogP contribution in [0.3, 0.4) is 0 Å². The number of hydrogen-bond donors (Lipinski definition) is 0. The fraction of sp³-hybridized carbons (Fsp3) is 0.0500. The van der Waals surface area contributed by atoms with Crippen LogP contribution < -0.4 is 4.74 Å². The molecule has 22 heavy (non-hydrogen) atoms. The van der Waals surface area contributed by atoms with E-state index in [1.165, 1.54) is 0 Å². The minimum absolute atomic E-state index is 0.0682. The smallest absolute Gasteiger partial charge is 0.193 e. The molecule has 0 amide bonds. The Bertz CT molecular complexity index is 707.